The van der Waals surface area contributed by atoms with Crippen molar-refractivity contribution < 1.29 is 17.9 Å². The van der Waals surface area contributed by atoms with E-state index in [1.165, 1.54) is 24.3 Å². The Balaban J connectivity index is 1.90. The first-order chi connectivity index (χ1) is 11.7. The fourth-order valence-corrected chi connectivity index (χ4v) is 2.74. The summed E-state index contributed by atoms with van der Waals surface area (Å²) in [5.74, 6) is 0.748. The van der Waals surface area contributed by atoms with Crippen LogP contribution in [0.2, 0.25) is 0 Å². The van der Waals surface area contributed by atoms with E-state index >= 15 is 0 Å². The number of amides is 2. The minimum absolute atomic E-state index is 0.00618. The van der Waals surface area contributed by atoms with E-state index in [-0.39, 0.29) is 11.6 Å². The van der Waals surface area contributed by atoms with Crippen molar-refractivity contribution in [2.75, 3.05) is 12.0 Å². The number of urea groups is 1. The molecule has 0 aliphatic heterocycles. The van der Waals surface area contributed by atoms with E-state index in [2.05, 4.69) is 10.6 Å². The maximum Gasteiger partial charge on any atom is 0.321 e. The average molecular weight is 363 g/mol. The Hall–Kier alpha value is -2.58. The van der Waals surface area contributed by atoms with Crippen LogP contribution in [0.25, 0.3) is 0 Å². The van der Waals surface area contributed by atoms with Gasteiger partial charge < -0.3 is 15.4 Å². The minimum Gasteiger partial charge on any atom is -0.473 e. The quantitative estimate of drug-likeness (QED) is 0.708. The van der Waals surface area contributed by atoms with Crippen molar-refractivity contribution in [3.05, 3.63) is 53.1 Å². The number of primary sulfonamides is 1. The zero-order valence-electron chi connectivity index (χ0n) is 14.3. The van der Waals surface area contributed by atoms with Crippen LogP contribution in [0.15, 0.2) is 41.3 Å². The van der Waals surface area contributed by atoms with Gasteiger partial charge in [0.15, 0.2) is 6.73 Å². The van der Waals surface area contributed by atoms with Gasteiger partial charge in [0.1, 0.15) is 5.75 Å². The summed E-state index contributed by atoms with van der Waals surface area (Å²) in [6.07, 6.45) is 0. The third kappa shape index (κ3) is 4.94. The third-order valence-corrected chi connectivity index (χ3v) is 4.69. The van der Waals surface area contributed by atoms with E-state index in [0.29, 0.717) is 5.69 Å². The summed E-state index contributed by atoms with van der Waals surface area (Å²) in [7, 11) is -3.75. The molecule has 0 aliphatic rings. The SMILES string of the molecule is Cc1ccc(C)c(OCNC(=O)Nc2ccc(S(N)(=O)=O)cc2)c1C. The highest BCUT2D eigenvalue weighted by molar-refractivity contribution is 7.89. The molecule has 0 atom stereocenters. The largest absolute Gasteiger partial charge is 0.473 e. The van der Waals surface area contributed by atoms with Crippen LogP contribution in [0.4, 0.5) is 10.5 Å². The first kappa shape index (κ1) is 18.8. The minimum atomic E-state index is -3.75. The number of anilines is 1. The topological polar surface area (TPSA) is 111 Å². The van der Waals surface area contributed by atoms with E-state index < -0.39 is 16.1 Å². The lowest BCUT2D eigenvalue weighted by atomic mass is 10.1. The number of carbonyl (C=O) groups excluding carboxylic acids is 1. The second-order valence-electron chi connectivity index (χ2n) is 5.64. The van der Waals surface area contributed by atoms with Crippen molar-refractivity contribution in [2.45, 2.75) is 25.7 Å². The number of nitrogens with two attached hydrogens (primary N) is 1. The predicted molar refractivity (Wildman–Crippen MR) is 96.1 cm³/mol. The molecule has 0 heterocycles. The molecule has 0 aliphatic carbocycles. The van der Waals surface area contributed by atoms with Crippen LogP contribution in [0.1, 0.15) is 16.7 Å². The Morgan fingerprint density at radius 2 is 1.64 bits per heavy atom. The molecule has 2 rings (SSSR count). The molecule has 0 saturated heterocycles. The highest BCUT2D eigenvalue weighted by Crippen LogP contribution is 2.25. The summed E-state index contributed by atoms with van der Waals surface area (Å²) in [5, 5.41) is 10.2. The molecule has 0 unspecified atom stereocenters. The predicted octanol–water partition coefficient (Wildman–Crippen LogP) is 2.42. The van der Waals surface area contributed by atoms with E-state index in [1.54, 1.807) is 0 Å². The number of hydrogen-bond donors (Lipinski definition) is 3. The average Bonchev–Trinajstić information content (AvgIpc) is 2.54. The van der Waals surface area contributed by atoms with Gasteiger partial charge in [-0.3, -0.25) is 0 Å². The van der Waals surface area contributed by atoms with Crippen LogP contribution in [0.5, 0.6) is 5.75 Å². The number of aryl methyl sites for hydroxylation is 2. The summed E-state index contributed by atoms with van der Waals surface area (Å²) in [6.45, 7) is 5.90. The molecule has 25 heavy (non-hydrogen) atoms. The van der Waals surface area contributed by atoms with Crippen molar-refractivity contribution >= 4 is 21.7 Å². The summed E-state index contributed by atoms with van der Waals surface area (Å²) in [4.78, 5) is 11.9. The highest BCUT2D eigenvalue weighted by Gasteiger charge is 2.09. The molecule has 0 saturated carbocycles. The normalized spacial score (nSPS) is 11.0. The van der Waals surface area contributed by atoms with E-state index in [1.807, 2.05) is 32.9 Å². The molecule has 0 aromatic heterocycles. The molecule has 7 nitrogen and oxygen atoms in total. The van der Waals surface area contributed by atoms with Crippen LogP contribution >= 0.6 is 0 Å². The van der Waals surface area contributed by atoms with E-state index in [0.717, 1.165) is 22.4 Å². The van der Waals surface area contributed by atoms with Gasteiger partial charge in [-0.1, -0.05) is 12.1 Å². The zero-order chi connectivity index (χ0) is 18.6. The van der Waals surface area contributed by atoms with Gasteiger partial charge in [0.2, 0.25) is 10.0 Å². The second-order valence-corrected chi connectivity index (χ2v) is 7.20. The number of benzene rings is 2. The molecule has 0 bridgehead atoms. The van der Waals surface area contributed by atoms with E-state index in [4.69, 9.17) is 9.88 Å². The summed E-state index contributed by atoms with van der Waals surface area (Å²) in [5.41, 5.74) is 3.57. The molecule has 0 fully saturated rings. The molecule has 4 N–H and O–H groups in total. The van der Waals surface area contributed by atoms with Gasteiger partial charge in [-0.2, -0.15) is 0 Å². The zero-order valence-corrected chi connectivity index (χ0v) is 15.1. The molecular formula is C17H21N3O4S. The molecular weight excluding hydrogens is 342 g/mol. The highest BCUT2D eigenvalue weighted by atomic mass is 32.2. The molecule has 134 valence electrons. The van der Waals surface area contributed by atoms with E-state index in [9.17, 15) is 13.2 Å². The van der Waals surface area contributed by atoms with Gasteiger partial charge in [0, 0.05) is 5.69 Å². The van der Waals surface area contributed by atoms with Crippen LogP contribution in [0, 0.1) is 20.8 Å². The second kappa shape index (κ2) is 7.54. The Morgan fingerprint density at radius 1 is 1.04 bits per heavy atom. The molecule has 2 aromatic rings. The van der Waals surface area contributed by atoms with Crippen molar-refractivity contribution in [3.8, 4) is 5.75 Å². The maximum atomic E-state index is 11.9. The van der Waals surface area contributed by atoms with Crippen molar-refractivity contribution in [1.29, 1.82) is 0 Å². The fourth-order valence-electron chi connectivity index (χ4n) is 2.22. The van der Waals surface area contributed by atoms with Crippen LogP contribution in [-0.2, 0) is 10.0 Å². The maximum absolute atomic E-state index is 11.9. The Morgan fingerprint density at radius 3 is 2.24 bits per heavy atom. The number of ether oxygens (including phenoxy) is 1. The Labute approximate surface area is 147 Å². The molecule has 2 amide bonds. The standard InChI is InChI=1S/C17H21N3O4S/c1-11-4-5-12(2)16(13(11)3)24-10-19-17(21)20-14-6-8-15(9-7-14)25(18,22)23/h4-9H,10H2,1-3H3,(H2,18,22,23)(H2,19,20,21). The van der Waals surface area contributed by atoms with Crippen molar-refractivity contribution in [3.63, 3.8) is 0 Å². The van der Waals surface area contributed by atoms with Gasteiger partial charge in [0.25, 0.3) is 0 Å². The number of nitrogens with one attached hydrogen (secondary N) is 2. The molecule has 2 aromatic carbocycles. The first-order valence-electron chi connectivity index (χ1n) is 7.56. The smallest absolute Gasteiger partial charge is 0.321 e. The lowest BCUT2D eigenvalue weighted by molar-refractivity contribution is 0.234. The van der Waals surface area contributed by atoms with Gasteiger partial charge in [-0.15, -0.1) is 0 Å². The van der Waals surface area contributed by atoms with Gasteiger partial charge >= 0.3 is 6.03 Å². The summed E-state index contributed by atoms with van der Waals surface area (Å²) < 4.78 is 28.0. The fraction of sp³-hybridized carbons (Fsp3) is 0.235. The van der Waals surface area contributed by atoms with Crippen LogP contribution < -0.4 is 20.5 Å². The van der Waals surface area contributed by atoms with Crippen molar-refractivity contribution in [2.24, 2.45) is 5.14 Å². The van der Waals surface area contributed by atoms with Gasteiger partial charge in [-0.25, -0.2) is 18.4 Å². The lowest BCUT2D eigenvalue weighted by Gasteiger charge is -2.14. The van der Waals surface area contributed by atoms with Crippen LogP contribution in [0.3, 0.4) is 0 Å². The lowest BCUT2D eigenvalue weighted by Crippen LogP contribution is -2.32. The monoisotopic (exact) mass is 363 g/mol. The van der Waals surface area contributed by atoms with Crippen molar-refractivity contribution in [1.82, 2.24) is 5.32 Å². The number of carbonyl (C=O) groups is 1. The first-order valence-corrected chi connectivity index (χ1v) is 9.10. The van der Waals surface area contributed by atoms with Gasteiger partial charge in [0.05, 0.1) is 4.90 Å². The third-order valence-electron chi connectivity index (χ3n) is 3.76. The number of hydrogen-bond acceptors (Lipinski definition) is 4. The Bertz CT molecular complexity index is 878. The molecule has 8 heteroatoms. The molecule has 0 spiro atoms. The number of sulfonamides is 1. The summed E-state index contributed by atoms with van der Waals surface area (Å²) in [6, 6.07) is 9.06. The number of rotatable bonds is 5. The Kier molecular flexibility index (Phi) is 5.66. The van der Waals surface area contributed by atoms with Gasteiger partial charge in [-0.05, 0) is 61.7 Å². The molecule has 0 radical (unpaired) electrons. The van der Waals surface area contributed by atoms with Crippen LogP contribution in [-0.4, -0.2) is 21.2 Å². The summed E-state index contributed by atoms with van der Waals surface area (Å²) >= 11 is 0.